The second-order valence-electron chi connectivity index (χ2n) is 4.91. The predicted molar refractivity (Wildman–Crippen MR) is 105 cm³/mol. The van der Waals surface area contributed by atoms with Crippen molar-refractivity contribution >= 4 is 46.4 Å². The van der Waals surface area contributed by atoms with Gasteiger partial charge in [-0.2, -0.15) is 5.21 Å². The average molecular weight is 429 g/mol. The largest absolute Gasteiger partial charge is 0.505 e. The van der Waals surface area contributed by atoms with Gasteiger partial charge in [0.1, 0.15) is 12.1 Å². The number of hydrogen-bond donors (Lipinski definition) is 4. The molecular formula is C15H22Cl3N4O4+. The van der Waals surface area contributed by atoms with E-state index in [1.165, 1.54) is 7.05 Å². The van der Waals surface area contributed by atoms with Crippen LogP contribution in [0.2, 0.25) is 15.1 Å². The van der Waals surface area contributed by atoms with Gasteiger partial charge in [0.25, 0.3) is 0 Å². The van der Waals surface area contributed by atoms with Gasteiger partial charge >= 0.3 is 0 Å². The highest BCUT2D eigenvalue weighted by Crippen LogP contribution is 2.49. The monoisotopic (exact) mass is 427 g/mol. The minimum Gasteiger partial charge on any atom is -0.505 e. The maximum atomic E-state index is 10.4. The molecule has 0 saturated heterocycles. The molecule has 0 aliphatic heterocycles. The van der Waals surface area contributed by atoms with Gasteiger partial charge in [0.05, 0.1) is 11.6 Å². The third-order valence-electron chi connectivity index (χ3n) is 3.03. The van der Waals surface area contributed by atoms with Crippen molar-refractivity contribution in [2.24, 2.45) is 5.10 Å². The van der Waals surface area contributed by atoms with Crippen LogP contribution < -0.4 is 10.4 Å². The third-order valence-corrected chi connectivity index (χ3v) is 4.20. The van der Waals surface area contributed by atoms with Crippen LogP contribution in [0.4, 0.5) is 5.69 Å². The van der Waals surface area contributed by atoms with E-state index < -0.39 is 10.6 Å². The number of hydroxylamine groups is 2. The smallest absolute Gasteiger partial charge is 0.243 e. The van der Waals surface area contributed by atoms with Crippen molar-refractivity contribution in [3.05, 3.63) is 40.4 Å². The van der Waals surface area contributed by atoms with Crippen LogP contribution in [0.3, 0.4) is 0 Å². The Kier molecular flexibility index (Phi) is 10.8. The van der Waals surface area contributed by atoms with Crippen molar-refractivity contribution in [1.29, 1.82) is 0 Å². The first kappa shape index (κ1) is 24.7. The van der Waals surface area contributed by atoms with Crippen LogP contribution in [0.1, 0.15) is 5.56 Å². The summed E-state index contributed by atoms with van der Waals surface area (Å²) in [5.41, 5.74) is 2.19. The first-order chi connectivity index (χ1) is 12.2. The van der Waals surface area contributed by atoms with Crippen molar-refractivity contribution in [3.8, 4) is 5.75 Å². The number of aliphatic hydroxyl groups excluding tert-OH is 1. The molecule has 26 heavy (non-hydrogen) atoms. The number of rotatable bonds is 8. The number of aliphatic hydroxyl groups is 1. The number of benzene rings is 1. The standard InChI is InChI=1S/C13H17Cl3N4O4.C2H4/c1-4-17-18-24-20(3,23)12-9(14)8(7-19(2)5-6-21)10(15)13(22)11(12)16;1-2/h18,21,23H,1,5-7H2,2-3H3;1-2H2/p+1. The molecule has 146 valence electrons. The Morgan fingerprint density at radius 3 is 2.35 bits per heavy atom. The van der Waals surface area contributed by atoms with Gasteiger partial charge in [0.2, 0.25) is 5.69 Å². The number of nitrogens with zero attached hydrogens (tertiary/aromatic N) is 3. The summed E-state index contributed by atoms with van der Waals surface area (Å²) in [6, 6.07) is 0. The summed E-state index contributed by atoms with van der Waals surface area (Å²) in [5.74, 6) is 1.69. The Morgan fingerprint density at radius 2 is 1.85 bits per heavy atom. The molecule has 1 atom stereocenters. The fourth-order valence-corrected chi connectivity index (χ4v) is 3.03. The Morgan fingerprint density at radius 1 is 1.27 bits per heavy atom. The van der Waals surface area contributed by atoms with E-state index in [2.05, 4.69) is 30.7 Å². The number of likely N-dealkylation sites (N-methyl/N-ethyl adjacent to an activating group) is 1. The number of halogens is 3. The zero-order valence-electron chi connectivity index (χ0n) is 14.5. The Balaban J connectivity index is 0.00000301. The molecule has 0 aliphatic rings. The lowest BCUT2D eigenvalue weighted by Gasteiger charge is -2.25. The quantitative estimate of drug-likeness (QED) is 0.220. The Labute approximate surface area is 167 Å². The van der Waals surface area contributed by atoms with E-state index in [-0.39, 0.29) is 33.9 Å². The number of aromatic hydroxyl groups is 1. The maximum absolute atomic E-state index is 10.4. The lowest BCUT2D eigenvalue weighted by Crippen LogP contribution is -2.45. The number of nitrogens with one attached hydrogen (secondary N) is 1. The highest BCUT2D eigenvalue weighted by Gasteiger charge is 2.38. The molecule has 11 heteroatoms. The number of phenols is 1. The topological polar surface area (TPSA) is 97.6 Å². The lowest BCUT2D eigenvalue weighted by molar-refractivity contribution is -0.339. The van der Waals surface area contributed by atoms with E-state index in [9.17, 15) is 10.3 Å². The normalized spacial score (nSPS) is 12.6. The molecule has 1 rings (SSSR count). The fourth-order valence-electron chi connectivity index (χ4n) is 1.89. The van der Waals surface area contributed by atoms with Crippen LogP contribution >= 0.6 is 34.8 Å². The first-order valence-electron chi connectivity index (χ1n) is 7.10. The molecule has 0 saturated carbocycles. The number of hydrogen-bond acceptors (Lipinski definition) is 7. The molecule has 0 heterocycles. The average Bonchev–Trinajstić information content (AvgIpc) is 2.59. The lowest BCUT2D eigenvalue weighted by atomic mass is 10.1. The molecule has 0 amide bonds. The van der Waals surface area contributed by atoms with Gasteiger partial charge in [-0.25, -0.2) is 0 Å². The number of phenolic OH excluding ortho intramolecular Hbond substituents is 1. The van der Waals surface area contributed by atoms with E-state index in [1.54, 1.807) is 11.9 Å². The van der Waals surface area contributed by atoms with Crippen LogP contribution in [0.5, 0.6) is 5.75 Å². The van der Waals surface area contributed by atoms with Crippen LogP contribution in [0.25, 0.3) is 0 Å². The Hall–Kier alpha value is -1.32. The van der Waals surface area contributed by atoms with Gasteiger partial charge in [-0.05, 0) is 18.6 Å². The summed E-state index contributed by atoms with van der Waals surface area (Å²) < 4.78 is 0. The molecule has 0 bridgehead atoms. The molecule has 0 aromatic heterocycles. The fraction of sp³-hybridized carbons (Fsp3) is 0.333. The minimum absolute atomic E-state index is 0.0121. The second kappa shape index (κ2) is 11.4. The summed E-state index contributed by atoms with van der Waals surface area (Å²) in [7, 11) is 2.91. The molecule has 0 aliphatic carbocycles. The highest BCUT2D eigenvalue weighted by atomic mass is 35.5. The SMILES string of the molecule is C=C.C=C=NNO[N+](C)(O)c1c(Cl)c(O)c(Cl)c(CN(C)CCO)c1Cl. The van der Waals surface area contributed by atoms with Gasteiger partial charge in [0, 0.05) is 29.3 Å². The number of hydrazone groups is 1. The minimum atomic E-state index is -1.30. The zero-order valence-corrected chi connectivity index (χ0v) is 16.7. The van der Waals surface area contributed by atoms with E-state index in [0.29, 0.717) is 12.1 Å². The summed E-state index contributed by atoms with van der Waals surface area (Å²) in [6.45, 7) is 9.69. The summed E-state index contributed by atoms with van der Waals surface area (Å²) in [4.78, 5) is 5.33. The Bertz CT molecular complexity index is 667. The van der Waals surface area contributed by atoms with E-state index >= 15 is 0 Å². The van der Waals surface area contributed by atoms with Gasteiger partial charge in [0.15, 0.2) is 10.8 Å². The molecular weight excluding hydrogens is 407 g/mol. The third kappa shape index (κ3) is 6.14. The van der Waals surface area contributed by atoms with Crippen LogP contribution in [0.15, 0.2) is 24.8 Å². The van der Waals surface area contributed by atoms with E-state index in [4.69, 9.17) is 44.8 Å². The van der Waals surface area contributed by atoms with Crippen molar-refractivity contribution in [2.45, 2.75) is 6.54 Å². The zero-order chi connectivity index (χ0) is 20.5. The predicted octanol–water partition coefficient (Wildman–Crippen LogP) is 3.11. The molecule has 1 unspecified atom stereocenters. The molecule has 8 nitrogen and oxygen atoms in total. The van der Waals surface area contributed by atoms with Crippen molar-refractivity contribution in [1.82, 2.24) is 15.3 Å². The molecule has 0 fully saturated rings. The second-order valence-corrected chi connectivity index (χ2v) is 6.04. The summed E-state index contributed by atoms with van der Waals surface area (Å²) in [5, 5.41) is 32.5. The molecule has 0 spiro atoms. The van der Waals surface area contributed by atoms with Gasteiger partial charge in [-0.3, -0.25) is 4.90 Å². The molecule has 1 aromatic carbocycles. The van der Waals surface area contributed by atoms with E-state index in [1.807, 2.05) is 5.59 Å². The van der Waals surface area contributed by atoms with E-state index in [0.717, 1.165) is 0 Å². The first-order valence-corrected chi connectivity index (χ1v) is 8.23. The van der Waals surface area contributed by atoms with Crippen molar-refractivity contribution in [2.75, 3.05) is 27.2 Å². The number of quaternary nitrogens is 1. The van der Waals surface area contributed by atoms with Crippen LogP contribution in [-0.2, 0) is 11.5 Å². The van der Waals surface area contributed by atoms with Gasteiger partial charge in [-0.1, -0.05) is 34.8 Å². The van der Waals surface area contributed by atoms with Crippen molar-refractivity contribution in [3.63, 3.8) is 0 Å². The molecule has 0 radical (unpaired) electrons. The molecule has 4 N–H and O–H groups in total. The maximum Gasteiger partial charge on any atom is 0.243 e. The van der Waals surface area contributed by atoms with Crippen LogP contribution in [0, 0.1) is 0 Å². The van der Waals surface area contributed by atoms with Gasteiger partial charge < -0.3 is 10.2 Å². The summed E-state index contributed by atoms with van der Waals surface area (Å²) >= 11 is 18.5. The molecule has 1 aromatic rings. The van der Waals surface area contributed by atoms with Crippen molar-refractivity contribution < 1.29 is 20.4 Å². The highest BCUT2D eigenvalue weighted by molar-refractivity contribution is 6.44. The van der Waals surface area contributed by atoms with Crippen LogP contribution in [-0.4, -0.2) is 53.4 Å². The van der Waals surface area contributed by atoms with Gasteiger partial charge in [-0.15, -0.1) is 23.8 Å². The summed E-state index contributed by atoms with van der Waals surface area (Å²) in [6.07, 6.45) is 0.